The average molecular weight is 195 g/mol. The summed E-state index contributed by atoms with van der Waals surface area (Å²) in [5.74, 6) is 0. The van der Waals surface area contributed by atoms with Gasteiger partial charge in [-0.25, -0.2) is 0 Å². The predicted molar refractivity (Wildman–Crippen MR) is 50.1 cm³/mol. The molecule has 0 spiro atoms. The number of aliphatic hydroxyl groups excluding tert-OH is 2. The van der Waals surface area contributed by atoms with Gasteiger partial charge in [0.05, 0.1) is 26.6 Å². The topological polar surface area (TPSA) is 60.8 Å². The van der Waals surface area contributed by atoms with Crippen molar-refractivity contribution in [3.05, 3.63) is 0 Å². The smallest absolute Gasteiger partial charge is 0.0951 e. The van der Waals surface area contributed by atoms with Crippen LogP contribution in [0.1, 0.15) is 0 Å². The number of rotatable bonds is 6. The molecule has 12 heavy (non-hydrogen) atoms. The van der Waals surface area contributed by atoms with Gasteiger partial charge in [0.15, 0.2) is 0 Å². The number of hydrogen-bond donors (Lipinski definition) is 2. The van der Waals surface area contributed by atoms with Gasteiger partial charge in [-0.1, -0.05) is 0 Å². The molecular weight excluding hydrogens is 177 g/mol. The monoisotopic (exact) mass is 195 g/mol. The van der Waals surface area contributed by atoms with Crippen LogP contribution in [-0.4, -0.2) is 61.0 Å². The van der Waals surface area contributed by atoms with E-state index in [1.54, 1.807) is 18.2 Å². The molecule has 0 rings (SSSR count). The molecule has 0 aliphatic rings. The first-order chi connectivity index (χ1) is 5.49. The van der Waals surface area contributed by atoms with Crippen molar-refractivity contribution in [2.45, 2.75) is 0 Å². The van der Waals surface area contributed by atoms with Gasteiger partial charge in [0, 0.05) is 13.1 Å². The molecule has 0 radical (unpaired) electrons. The molecule has 0 heterocycles. The zero-order valence-corrected chi connectivity index (χ0v) is 8.63. The van der Waals surface area contributed by atoms with Crippen LogP contribution >= 0.6 is 7.14 Å². The van der Waals surface area contributed by atoms with Gasteiger partial charge in [-0.05, 0) is 13.3 Å². The van der Waals surface area contributed by atoms with E-state index in [9.17, 15) is 4.57 Å². The highest BCUT2D eigenvalue weighted by atomic mass is 31.2. The summed E-state index contributed by atoms with van der Waals surface area (Å²) in [5, 5.41) is 17.3. The maximum Gasteiger partial charge on any atom is 0.0951 e. The standard InChI is InChI=1S/C7H18NO3P/c1-12(2,11)7-8(3-5-9)4-6-10/h9-10H,3-7H2,1-2H3. The van der Waals surface area contributed by atoms with Crippen molar-refractivity contribution < 1.29 is 14.8 Å². The zero-order valence-electron chi connectivity index (χ0n) is 7.73. The first-order valence-corrected chi connectivity index (χ1v) is 6.76. The van der Waals surface area contributed by atoms with Gasteiger partial charge in [0.1, 0.15) is 0 Å². The van der Waals surface area contributed by atoms with Crippen LogP contribution in [0.3, 0.4) is 0 Å². The van der Waals surface area contributed by atoms with Crippen LogP contribution in [-0.2, 0) is 4.57 Å². The molecule has 0 fully saturated rings. The molecule has 0 bridgehead atoms. The molecule has 4 nitrogen and oxygen atoms in total. The maximum atomic E-state index is 11.4. The van der Waals surface area contributed by atoms with E-state index in [0.717, 1.165) is 0 Å². The van der Waals surface area contributed by atoms with E-state index in [2.05, 4.69) is 0 Å². The Balaban J connectivity index is 3.86. The molecule has 74 valence electrons. The Hall–Kier alpha value is 0.110. The summed E-state index contributed by atoms with van der Waals surface area (Å²) in [7, 11) is -2.08. The molecular formula is C7H18NO3P. The van der Waals surface area contributed by atoms with Crippen molar-refractivity contribution in [2.75, 3.05) is 45.9 Å². The summed E-state index contributed by atoms with van der Waals surface area (Å²) in [6.45, 7) is 4.45. The van der Waals surface area contributed by atoms with Gasteiger partial charge in [0.2, 0.25) is 0 Å². The lowest BCUT2D eigenvalue weighted by Gasteiger charge is -2.22. The molecule has 0 saturated heterocycles. The van der Waals surface area contributed by atoms with Crippen molar-refractivity contribution in [1.82, 2.24) is 4.90 Å². The van der Waals surface area contributed by atoms with Gasteiger partial charge in [0.25, 0.3) is 0 Å². The zero-order chi connectivity index (χ0) is 9.61. The highest BCUT2D eigenvalue weighted by molar-refractivity contribution is 7.62. The Morgan fingerprint density at radius 3 is 1.83 bits per heavy atom. The van der Waals surface area contributed by atoms with Crippen LogP contribution in [0.25, 0.3) is 0 Å². The minimum Gasteiger partial charge on any atom is -0.395 e. The molecule has 2 N–H and O–H groups in total. The van der Waals surface area contributed by atoms with Crippen LogP contribution < -0.4 is 0 Å². The van der Waals surface area contributed by atoms with Crippen LogP contribution in [0.4, 0.5) is 0 Å². The van der Waals surface area contributed by atoms with Gasteiger partial charge in [-0.2, -0.15) is 0 Å². The Labute approximate surface area is 73.6 Å². The van der Waals surface area contributed by atoms with Crippen LogP contribution in [0.5, 0.6) is 0 Å². The normalized spacial score (nSPS) is 12.4. The lowest BCUT2D eigenvalue weighted by Crippen LogP contribution is -2.30. The summed E-state index contributed by atoms with van der Waals surface area (Å²) in [4.78, 5) is 1.81. The summed E-state index contributed by atoms with van der Waals surface area (Å²) >= 11 is 0. The summed E-state index contributed by atoms with van der Waals surface area (Å²) in [6, 6.07) is 0. The van der Waals surface area contributed by atoms with Crippen molar-refractivity contribution >= 4 is 7.14 Å². The highest BCUT2D eigenvalue weighted by Gasteiger charge is 2.13. The molecule has 0 unspecified atom stereocenters. The van der Waals surface area contributed by atoms with Crippen molar-refractivity contribution in [3.8, 4) is 0 Å². The molecule has 0 aliphatic carbocycles. The molecule has 0 aromatic rings. The van der Waals surface area contributed by atoms with Gasteiger partial charge >= 0.3 is 0 Å². The maximum absolute atomic E-state index is 11.4. The van der Waals surface area contributed by atoms with Crippen molar-refractivity contribution in [1.29, 1.82) is 0 Å². The fourth-order valence-corrected chi connectivity index (χ4v) is 2.26. The average Bonchev–Trinajstić information content (AvgIpc) is 1.84. The van der Waals surface area contributed by atoms with E-state index in [4.69, 9.17) is 10.2 Å². The van der Waals surface area contributed by atoms with Crippen LogP contribution in [0.2, 0.25) is 0 Å². The molecule has 0 aromatic heterocycles. The first-order valence-electron chi connectivity index (χ1n) is 3.97. The van der Waals surface area contributed by atoms with E-state index in [-0.39, 0.29) is 13.2 Å². The molecule has 5 heteroatoms. The largest absolute Gasteiger partial charge is 0.395 e. The SMILES string of the molecule is CP(C)(=O)CN(CCO)CCO. The first kappa shape index (κ1) is 12.1. The minimum absolute atomic E-state index is 0.0417. The summed E-state index contributed by atoms with van der Waals surface area (Å²) in [6.07, 6.45) is 0.466. The fourth-order valence-electron chi connectivity index (χ4n) is 1.02. The lowest BCUT2D eigenvalue weighted by atomic mass is 10.5. The molecule has 0 aromatic carbocycles. The van der Waals surface area contributed by atoms with E-state index in [0.29, 0.717) is 19.4 Å². The lowest BCUT2D eigenvalue weighted by molar-refractivity contribution is 0.177. The Kier molecular flexibility index (Phi) is 5.76. The Morgan fingerprint density at radius 2 is 1.58 bits per heavy atom. The van der Waals surface area contributed by atoms with E-state index >= 15 is 0 Å². The van der Waals surface area contributed by atoms with Gasteiger partial charge in [-0.15, -0.1) is 0 Å². The Bertz CT molecular complexity index is 151. The second-order valence-corrected chi connectivity index (χ2v) is 6.71. The fraction of sp³-hybridized carbons (Fsp3) is 1.00. The van der Waals surface area contributed by atoms with Gasteiger partial charge in [-0.3, -0.25) is 4.90 Å². The third-order valence-corrected chi connectivity index (χ3v) is 2.45. The van der Waals surface area contributed by atoms with Gasteiger partial charge < -0.3 is 14.8 Å². The molecule has 0 atom stereocenters. The van der Waals surface area contributed by atoms with E-state index in [1.165, 1.54) is 0 Å². The summed E-state index contributed by atoms with van der Waals surface area (Å²) < 4.78 is 11.4. The van der Waals surface area contributed by atoms with Crippen LogP contribution in [0, 0.1) is 0 Å². The number of hydrogen-bond acceptors (Lipinski definition) is 4. The number of aliphatic hydroxyl groups is 2. The van der Waals surface area contributed by atoms with Crippen molar-refractivity contribution in [2.24, 2.45) is 0 Å². The molecule has 0 aliphatic heterocycles. The summed E-state index contributed by atoms with van der Waals surface area (Å²) in [5.41, 5.74) is 0. The second-order valence-electron chi connectivity index (χ2n) is 3.28. The third kappa shape index (κ3) is 6.80. The quantitative estimate of drug-likeness (QED) is 0.579. The molecule has 0 amide bonds. The van der Waals surface area contributed by atoms with Crippen LogP contribution in [0.15, 0.2) is 0 Å². The van der Waals surface area contributed by atoms with E-state index < -0.39 is 7.14 Å². The Morgan fingerprint density at radius 1 is 1.17 bits per heavy atom. The predicted octanol–water partition coefficient (Wildman–Crippen LogP) is -0.147. The minimum atomic E-state index is -2.08. The number of nitrogens with zero attached hydrogens (tertiary/aromatic N) is 1. The third-order valence-electron chi connectivity index (χ3n) is 1.37. The van der Waals surface area contributed by atoms with Crippen molar-refractivity contribution in [3.63, 3.8) is 0 Å². The highest BCUT2D eigenvalue weighted by Crippen LogP contribution is 2.36. The molecule has 0 saturated carbocycles. The second kappa shape index (κ2) is 5.70. The van der Waals surface area contributed by atoms with E-state index in [1.807, 2.05) is 0 Å².